The Labute approximate surface area is 190 Å². The molecule has 0 amide bonds. The second-order valence-electron chi connectivity index (χ2n) is 7.54. The number of hydrogen-bond acceptors (Lipinski definition) is 10. The SMILES string of the molecule is NN/N=C(\N)c1c(-c2cccc3sc(N)nc23)ccc(S(=O)CC2(N)CC2)c1S(N)(=O)=O. The number of aromatic nitrogens is 1. The van der Waals surface area contributed by atoms with Gasteiger partial charge in [0.25, 0.3) is 0 Å². The fourth-order valence-electron chi connectivity index (χ4n) is 3.46. The van der Waals surface area contributed by atoms with Gasteiger partial charge in [-0.2, -0.15) is 0 Å². The van der Waals surface area contributed by atoms with Crippen LogP contribution < -0.4 is 33.7 Å². The van der Waals surface area contributed by atoms with E-state index in [0.29, 0.717) is 34.6 Å². The number of hydrazine groups is 1. The van der Waals surface area contributed by atoms with Crippen molar-refractivity contribution >= 4 is 53.3 Å². The van der Waals surface area contributed by atoms with Gasteiger partial charge in [0.1, 0.15) is 4.90 Å². The van der Waals surface area contributed by atoms with Crippen molar-refractivity contribution in [2.24, 2.45) is 27.6 Å². The van der Waals surface area contributed by atoms with Crippen molar-refractivity contribution in [3.8, 4) is 11.1 Å². The second kappa shape index (κ2) is 8.06. The van der Waals surface area contributed by atoms with Gasteiger partial charge in [0.15, 0.2) is 11.0 Å². The van der Waals surface area contributed by atoms with Crippen molar-refractivity contribution in [2.75, 3.05) is 11.5 Å². The number of nitrogen functional groups attached to an aromatic ring is 1. The van der Waals surface area contributed by atoms with Crippen LogP contribution in [-0.2, 0) is 20.8 Å². The van der Waals surface area contributed by atoms with Crippen molar-refractivity contribution in [2.45, 2.75) is 28.2 Å². The summed E-state index contributed by atoms with van der Waals surface area (Å²) in [7, 11) is -6.14. The minimum atomic E-state index is -4.39. The van der Waals surface area contributed by atoms with E-state index in [0.717, 1.165) is 4.70 Å². The molecule has 1 unspecified atom stereocenters. The van der Waals surface area contributed by atoms with Gasteiger partial charge < -0.3 is 17.2 Å². The minimum absolute atomic E-state index is 0.00288. The summed E-state index contributed by atoms with van der Waals surface area (Å²) in [5.41, 5.74) is 21.0. The minimum Gasteiger partial charge on any atom is -0.382 e. The van der Waals surface area contributed by atoms with Crippen molar-refractivity contribution in [1.29, 1.82) is 0 Å². The van der Waals surface area contributed by atoms with Gasteiger partial charge in [-0.1, -0.05) is 29.5 Å². The standard InChI is InChI=1S/C18H22N8O3S3/c19-16(25-26-22)13-9(10-2-1-3-11-14(10)24-17(20)30-11)4-5-12(15(13)32(23,28)29)31(27)8-18(21)6-7-18/h1-5,26H,6-8,21-22H2,(H2,19,25)(H2,20,24)(H2,23,28,29). The number of rotatable bonds is 7. The Hall–Kier alpha value is -2.62. The second-order valence-corrected chi connectivity index (χ2v) is 11.5. The Morgan fingerprint density at radius 3 is 2.59 bits per heavy atom. The molecule has 1 aromatic heterocycles. The van der Waals surface area contributed by atoms with Gasteiger partial charge in [0.05, 0.1) is 25.9 Å². The number of primary sulfonamides is 1. The Morgan fingerprint density at radius 2 is 1.97 bits per heavy atom. The number of fused-ring (bicyclic) bond motifs is 1. The zero-order chi connectivity index (χ0) is 23.3. The quantitative estimate of drug-likeness (QED) is 0.111. The van der Waals surface area contributed by atoms with Crippen molar-refractivity contribution < 1.29 is 12.6 Å². The number of hydrogen-bond donors (Lipinski definition) is 6. The molecule has 0 spiro atoms. The van der Waals surface area contributed by atoms with Crippen LogP contribution in [0.1, 0.15) is 18.4 Å². The molecule has 11 nitrogen and oxygen atoms in total. The van der Waals surface area contributed by atoms with Crippen molar-refractivity contribution in [1.82, 2.24) is 10.5 Å². The molecule has 0 bridgehead atoms. The van der Waals surface area contributed by atoms with Crippen LogP contribution in [0, 0.1) is 0 Å². The molecule has 170 valence electrons. The van der Waals surface area contributed by atoms with Crippen LogP contribution in [0.5, 0.6) is 0 Å². The number of sulfonamides is 1. The van der Waals surface area contributed by atoms with E-state index < -0.39 is 31.3 Å². The van der Waals surface area contributed by atoms with Crippen LogP contribution in [0.25, 0.3) is 21.3 Å². The number of anilines is 1. The normalized spacial score (nSPS) is 16.8. The number of hydrazone groups is 1. The van der Waals surface area contributed by atoms with E-state index in [1.165, 1.54) is 17.4 Å². The summed E-state index contributed by atoms with van der Waals surface area (Å²) in [6.45, 7) is 0. The summed E-state index contributed by atoms with van der Waals surface area (Å²) in [5, 5.41) is 9.70. The average molecular weight is 495 g/mol. The summed E-state index contributed by atoms with van der Waals surface area (Å²) in [6.07, 6.45) is 1.42. The molecule has 0 radical (unpaired) electrons. The molecule has 32 heavy (non-hydrogen) atoms. The fourth-order valence-corrected chi connectivity index (χ4v) is 7.19. The average Bonchev–Trinajstić information content (AvgIpc) is 3.30. The largest absolute Gasteiger partial charge is 0.382 e. The zero-order valence-electron chi connectivity index (χ0n) is 16.7. The highest BCUT2D eigenvalue weighted by molar-refractivity contribution is 7.91. The molecule has 4 rings (SSSR count). The highest BCUT2D eigenvalue weighted by Crippen LogP contribution is 2.39. The molecule has 3 aromatic rings. The number of benzene rings is 2. The van der Waals surface area contributed by atoms with Crippen molar-refractivity contribution in [3.05, 3.63) is 35.9 Å². The van der Waals surface area contributed by atoms with Crippen LogP contribution in [0.2, 0.25) is 0 Å². The maximum absolute atomic E-state index is 13.1. The van der Waals surface area contributed by atoms with Gasteiger partial charge in [-0.05, 0) is 30.5 Å². The maximum Gasteiger partial charge on any atom is 0.240 e. The number of nitrogens with zero attached hydrogens (tertiary/aromatic N) is 2. The Balaban J connectivity index is 2.05. The van der Waals surface area contributed by atoms with E-state index in [4.69, 9.17) is 28.2 Å². The lowest BCUT2D eigenvalue weighted by Crippen LogP contribution is -2.31. The van der Waals surface area contributed by atoms with Crippen LogP contribution in [-0.4, -0.2) is 34.7 Å². The first-order chi connectivity index (χ1) is 15.0. The van der Waals surface area contributed by atoms with E-state index in [1.807, 2.05) is 6.07 Å². The highest BCUT2D eigenvalue weighted by Gasteiger charge is 2.41. The Morgan fingerprint density at radius 1 is 1.25 bits per heavy atom. The zero-order valence-corrected chi connectivity index (χ0v) is 19.2. The monoisotopic (exact) mass is 494 g/mol. The molecule has 0 saturated heterocycles. The topological polar surface area (TPSA) is 219 Å². The number of nitrogens with two attached hydrogens (primary N) is 5. The van der Waals surface area contributed by atoms with Crippen LogP contribution in [0.15, 0.2) is 45.2 Å². The van der Waals surface area contributed by atoms with E-state index in [-0.39, 0.29) is 22.0 Å². The van der Waals surface area contributed by atoms with Crippen LogP contribution in [0.3, 0.4) is 0 Å². The fraction of sp³-hybridized carbons (Fsp3) is 0.222. The van der Waals surface area contributed by atoms with Gasteiger partial charge in [0.2, 0.25) is 10.0 Å². The predicted molar refractivity (Wildman–Crippen MR) is 126 cm³/mol. The van der Waals surface area contributed by atoms with E-state index in [2.05, 4.69) is 15.6 Å². The molecule has 1 fully saturated rings. The Bertz CT molecular complexity index is 1380. The molecule has 2 aromatic carbocycles. The third kappa shape index (κ3) is 4.20. The van der Waals surface area contributed by atoms with E-state index in [1.54, 1.807) is 18.2 Å². The molecule has 1 aliphatic rings. The molecule has 1 saturated carbocycles. The number of para-hydroxylation sites is 1. The highest BCUT2D eigenvalue weighted by atomic mass is 32.2. The summed E-state index contributed by atoms with van der Waals surface area (Å²) in [6, 6.07) is 8.42. The molecule has 1 aliphatic carbocycles. The van der Waals surface area contributed by atoms with Crippen LogP contribution >= 0.6 is 11.3 Å². The van der Waals surface area contributed by atoms with Gasteiger partial charge in [-0.15, -0.1) is 5.10 Å². The lowest BCUT2D eigenvalue weighted by atomic mass is 9.98. The lowest BCUT2D eigenvalue weighted by Gasteiger charge is -2.18. The summed E-state index contributed by atoms with van der Waals surface area (Å²) in [5.74, 6) is 5.14. The van der Waals surface area contributed by atoms with Gasteiger partial charge in [-0.3, -0.25) is 4.21 Å². The molecular weight excluding hydrogens is 472 g/mol. The van der Waals surface area contributed by atoms with E-state index >= 15 is 0 Å². The molecule has 11 N–H and O–H groups in total. The number of amidine groups is 1. The van der Waals surface area contributed by atoms with Crippen LogP contribution in [0.4, 0.5) is 5.13 Å². The maximum atomic E-state index is 13.1. The summed E-state index contributed by atoms with van der Waals surface area (Å²) < 4.78 is 39.4. The molecule has 1 atom stereocenters. The first kappa shape index (κ1) is 22.6. The van der Waals surface area contributed by atoms with Gasteiger partial charge in [0, 0.05) is 22.4 Å². The third-order valence-electron chi connectivity index (χ3n) is 5.13. The predicted octanol–water partition coefficient (Wildman–Crippen LogP) is -0.125. The molecular formula is C18H22N8O3S3. The molecule has 14 heteroatoms. The molecule has 0 aliphatic heterocycles. The first-order valence-electron chi connectivity index (χ1n) is 9.36. The third-order valence-corrected chi connectivity index (χ3v) is 8.77. The Kier molecular flexibility index (Phi) is 5.68. The first-order valence-corrected chi connectivity index (χ1v) is 13.0. The summed E-state index contributed by atoms with van der Waals surface area (Å²) >= 11 is 1.28. The smallest absolute Gasteiger partial charge is 0.240 e. The number of thiazole rings is 1. The van der Waals surface area contributed by atoms with Gasteiger partial charge in [-0.25, -0.2) is 29.9 Å². The molecule has 1 heterocycles. The van der Waals surface area contributed by atoms with E-state index in [9.17, 15) is 12.6 Å². The van der Waals surface area contributed by atoms with Crippen molar-refractivity contribution in [3.63, 3.8) is 0 Å². The number of nitrogens with one attached hydrogen (secondary N) is 1. The van der Waals surface area contributed by atoms with Gasteiger partial charge >= 0.3 is 0 Å². The summed E-state index contributed by atoms with van der Waals surface area (Å²) in [4.78, 5) is 3.97. The lowest BCUT2D eigenvalue weighted by molar-refractivity contribution is 0.594.